The van der Waals surface area contributed by atoms with E-state index in [-0.39, 0.29) is 18.5 Å². The third-order valence-corrected chi connectivity index (χ3v) is 4.58. The Balaban J connectivity index is 1.94. The zero-order valence-electron chi connectivity index (χ0n) is 10.8. The zero-order chi connectivity index (χ0) is 14.1. The second kappa shape index (κ2) is 5.29. The minimum atomic E-state index is -4.54. The number of amides is 1. The summed E-state index contributed by atoms with van der Waals surface area (Å²) in [5.41, 5.74) is 0.162. The topological polar surface area (TPSA) is 20.3 Å². The maximum atomic E-state index is 13.0. The summed E-state index contributed by atoms with van der Waals surface area (Å²) in [4.78, 5) is 12.3. The highest BCUT2D eigenvalue weighted by molar-refractivity contribution is 5.84. The molecule has 1 heterocycles. The summed E-state index contributed by atoms with van der Waals surface area (Å²) in [5.74, 6) is -6.26. The van der Waals surface area contributed by atoms with Gasteiger partial charge in [-0.3, -0.25) is 4.79 Å². The minimum absolute atomic E-state index is 0.162. The number of carbonyl (C=O) groups excluding carboxylic acids is 1. The van der Waals surface area contributed by atoms with Crippen molar-refractivity contribution in [2.75, 3.05) is 13.1 Å². The molecule has 0 aromatic rings. The van der Waals surface area contributed by atoms with Crippen molar-refractivity contribution in [3.63, 3.8) is 0 Å². The van der Waals surface area contributed by atoms with E-state index in [0.29, 0.717) is 12.8 Å². The van der Waals surface area contributed by atoms with Crippen LogP contribution in [-0.4, -0.2) is 36.2 Å². The molecule has 1 amide bonds. The lowest BCUT2D eigenvalue weighted by Crippen LogP contribution is -2.52. The number of alkyl halides is 4. The predicted molar refractivity (Wildman–Crippen MR) is 62.3 cm³/mol. The van der Waals surface area contributed by atoms with E-state index < -0.39 is 18.3 Å². The van der Waals surface area contributed by atoms with Gasteiger partial charge < -0.3 is 4.90 Å². The third-order valence-electron chi connectivity index (χ3n) is 4.58. The van der Waals surface area contributed by atoms with E-state index >= 15 is 0 Å². The van der Waals surface area contributed by atoms with E-state index in [1.54, 1.807) is 0 Å². The van der Waals surface area contributed by atoms with Gasteiger partial charge >= 0.3 is 12.3 Å². The first-order chi connectivity index (χ1) is 8.87. The molecule has 6 heteroatoms. The Bertz CT molecular complexity index is 330. The van der Waals surface area contributed by atoms with Crippen LogP contribution in [0, 0.1) is 5.41 Å². The number of nitrogens with zero attached hydrogens (tertiary/aromatic N) is 1. The van der Waals surface area contributed by atoms with Crippen molar-refractivity contribution in [1.29, 1.82) is 0 Å². The molecule has 0 aromatic carbocycles. The molecule has 19 heavy (non-hydrogen) atoms. The van der Waals surface area contributed by atoms with Gasteiger partial charge in [0, 0.05) is 13.1 Å². The first-order valence-corrected chi connectivity index (χ1v) is 6.83. The van der Waals surface area contributed by atoms with Gasteiger partial charge in [0.15, 0.2) is 0 Å². The third kappa shape index (κ3) is 2.87. The second-order valence-corrected chi connectivity index (χ2v) is 5.78. The van der Waals surface area contributed by atoms with Gasteiger partial charge in [-0.2, -0.15) is 8.78 Å². The van der Waals surface area contributed by atoms with Crippen molar-refractivity contribution < 1.29 is 22.4 Å². The monoisotopic (exact) mass is 281 g/mol. The number of hydrogen-bond donors (Lipinski definition) is 0. The number of hydrogen-bond acceptors (Lipinski definition) is 1. The standard InChI is InChI=1S/C13H19F4NO/c14-10(15)13(16,17)11(19)18-8-6-12(7-9-18)4-2-1-3-5-12/h10H,1-9H2. The van der Waals surface area contributed by atoms with Gasteiger partial charge in [-0.1, -0.05) is 19.3 Å². The molecule has 2 aliphatic rings. The van der Waals surface area contributed by atoms with Crippen molar-refractivity contribution in [1.82, 2.24) is 4.90 Å². The van der Waals surface area contributed by atoms with Crippen molar-refractivity contribution in [2.45, 2.75) is 57.3 Å². The van der Waals surface area contributed by atoms with Crippen LogP contribution >= 0.6 is 0 Å². The van der Waals surface area contributed by atoms with Crippen LogP contribution in [0.25, 0.3) is 0 Å². The van der Waals surface area contributed by atoms with E-state index in [4.69, 9.17) is 0 Å². The van der Waals surface area contributed by atoms with Gasteiger partial charge in [-0.25, -0.2) is 8.78 Å². The number of carbonyl (C=O) groups is 1. The van der Waals surface area contributed by atoms with Crippen LogP contribution in [0.4, 0.5) is 17.6 Å². The highest BCUT2D eigenvalue weighted by Gasteiger charge is 2.52. The minimum Gasteiger partial charge on any atom is -0.337 e. The van der Waals surface area contributed by atoms with Gasteiger partial charge in [-0.05, 0) is 31.1 Å². The fourth-order valence-corrected chi connectivity index (χ4v) is 3.29. The molecule has 0 aromatic heterocycles. The molecule has 0 radical (unpaired) electrons. The zero-order valence-corrected chi connectivity index (χ0v) is 10.8. The summed E-state index contributed by atoms with van der Waals surface area (Å²) in [6, 6.07) is 0. The normalized spacial score (nSPS) is 23.9. The van der Waals surface area contributed by atoms with Crippen molar-refractivity contribution in [3.05, 3.63) is 0 Å². The van der Waals surface area contributed by atoms with Crippen LogP contribution in [0.2, 0.25) is 0 Å². The molecular weight excluding hydrogens is 262 g/mol. The Morgan fingerprint density at radius 2 is 1.53 bits per heavy atom. The van der Waals surface area contributed by atoms with Gasteiger partial charge in [0.05, 0.1) is 0 Å². The summed E-state index contributed by atoms with van der Waals surface area (Å²) in [7, 11) is 0. The summed E-state index contributed by atoms with van der Waals surface area (Å²) >= 11 is 0. The number of piperidine rings is 1. The Kier molecular flexibility index (Phi) is 4.06. The molecule has 0 unspecified atom stereocenters. The molecule has 0 atom stereocenters. The summed E-state index contributed by atoms with van der Waals surface area (Å²) in [6.07, 6.45) is 3.03. The lowest BCUT2D eigenvalue weighted by molar-refractivity contribution is -0.182. The average molecular weight is 281 g/mol. The Labute approximate surface area is 110 Å². The quantitative estimate of drug-likeness (QED) is 0.710. The van der Waals surface area contributed by atoms with E-state index in [9.17, 15) is 22.4 Å². The highest BCUT2D eigenvalue weighted by atomic mass is 19.3. The SMILES string of the molecule is O=C(N1CCC2(CCCCC2)CC1)C(F)(F)C(F)F. The maximum absolute atomic E-state index is 13.0. The molecule has 2 fully saturated rings. The molecule has 1 saturated carbocycles. The molecule has 1 aliphatic carbocycles. The maximum Gasteiger partial charge on any atom is 0.383 e. The Hall–Kier alpha value is -0.810. The molecule has 0 N–H and O–H groups in total. The molecule has 1 spiro atoms. The highest BCUT2D eigenvalue weighted by Crippen LogP contribution is 2.45. The lowest BCUT2D eigenvalue weighted by atomic mass is 9.68. The van der Waals surface area contributed by atoms with Crippen molar-refractivity contribution >= 4 is 5.91 Å². The van der Waals surface area contributed by atoms with Crippen LogP contribution in [0.1, 0.15) is 44.9 Å². The van der Waals surface area contributed by atoms with Crippen LogP contribution in [-0.2, 0) is 4.79 Å². The Morgan fingerprint density at radius 1 is 1.00 bits per heavy atom. The van der Waals surface area contributed by atoms with Gasteiger partial charge in [0.25, 0.3) is 5.91 Å². The van der Waals surface area contributed by atoms with Crippen LogP contribution in [0.5, 0.6) is 0 Å². The molecule has 1 saturated heterocycles. The average Bonchev–Trinajstić information content (AvgIpc) is 2.39. The first-order valence-electron chi connectivity index (χ1n) is 6.83. The Morgan fingerprint density at radius 3 is 2.00 bits per heavy atom. The van der Waals surface area contributed by atoms with Gasteiger partial charge in [0.2, 0.25) is 0 Å². The smallest absolute Gasteiger partial charge is 0.337 e. The lowest BCUT2D eigenvalue weighted by Gasteiger charge is -2.44. The molecule has 2 rings (SSSR count). The van der Waals surface area contributed by atoms with E-state index in [1.807, 2.05) is 0 Å². The van der Waals surface area contributed by atoms with Gasteiger partial charge in [0.1, 0.15) is 0 Å². The molecule has 1 aliphatic heterocycles. The van der Waals surface area contributed by atoms with Crippen LogP contribution in [0.15, 0.2) is 0 Å². The summed E-state index contributed by atoms with van der Waals surface area (Å²) in [5, 5.41) is 0. The molecule has 0 bridgehead atoms. The fraction of sp³-hybridized carbons (Fsp3) is 0.923. The summed E-state index contributed by atoms with van der Waals surface area (Å²) in [6.45, 7) is 0.363. The van der Waals surface area contributed by atoms with E-state index in [0.717, 1.165) is 30.6 Å². The number of rotatable bonds is 2. The van der Waals surface area contributed by atoms with Crippen molar-refractivity contribution in [3.8, 4) is 0 Å². The molecular formula is C13H19F4NO. The molecule has 110 valence electrons. The van der Waals surface area contributed by atoms with Gasteiger partial charge in [-0.15, -0.1) is 0 Å². The first kappa shape index (κ1) is 14.6. The fourth-order valence-electron chi connectivity index (χ4n) is 3.29. The van der Waals surface area contributed by atoms with E-state index in [1.165, 1.54) is 6.42 Å². The summed E-state index contributed by atoms with van der Waals surface area (Å²) < 4.78 is 50.4. The van der Waals surface area contributed by atoms with Crippen molar-refractivity contribution in [2.24, 2.45) is 5.41 Å². The van der Waals surface area contributed by atoms with Crippen LogP contribution < -0.4 is 0 Å². The van der Waals surface area contributed by atoms with E-state index in [2.05, 4.69) is 0 Å². The number of likely N-dealkylation sites (tertiary alicyclic amines) is 1. The largest absolute Gasteiger partial charge is 0.383 e. The van der Waals surface area contributed by atoms with Crippen LogP contribution in [0.3, 0.4) is 0 Å². The molecule has 2 nitrogen and oxygen atoms in total. The second-order valence-electron chi connectivity index (χ2n) is 5.78. The number of halogens is 4. The predicted octanol–water partition coefficient (Wildman–Crippen LogP) is 3.46.